The monoisotopic (exact) mass is 315 g/mol. The molecule has 0 saturated carbocycles. The van der Waals surface area contributed by atoms with Crippen molar-refractivity contribution in [2.45, 2.75) is 31.6 Å². The fraction of sp³-hybridized carbons (Fsp3) is 0.368. The summed E-state index contributed by atoms with van der Waals surface area (Å²) in [7, 11) is 0. The van der Waals surface area contributed by atoms with Crippen molar-refractivity contribution in [3.05, 3.63) is 61.2 Å². The first kappa shape index (κ1) is 18.7. The molecule has 0 radical (unpaired) electrons. The fourth-order valence-corrected chi connectivity index (χ4v) is 2.63. The highest BCUT2D eigenvalue weighted by Gasteiger charge is 2.39. The van der Waals surface area contributed by atoms with Crippen molar-refractivity contribution >= 4 is 11.9 Å². The summed E-state index contributed by atoms with van der Waals surface area (Å²) in [5.74, 6) is -1.36. The van der Waals surface area contributed by atoms with Crippen LogP contribution in [-0.4, -0.2) is 23.5 Å². The first-order valence-electron chi connectivity index (χ1n) is 7.80. The van der Waals surface area contributed by atoms with Gasteiger partial charge in [0.2, 0.25) is 5.91 Å². The van der Waals surface area contributed by atoms with Gasteiger partial charge in [-0.15, -0.1) is 13.2 Å². The van der Waals surface area contributed by atoms with E-state index in [0.29, 0.717) is 24.8 Å². The van der Waals surface area contributed by atoms with Crippen LogP contribution in [0.3, 0.4) is 0 Å². The number of allylic oxidation sites excluding steroid dienone is 2. The molecule has 0 aliphatic carbocycles. The summed E-state index contributed by atoms with van der Waals surface area (Å²) in [4.78, 5) is 24.2. The van der Waals surface area contributed by atoms with Gasteiger partial charge in [-0.25, -0.2) is 0 Å². The molecule has 1 atom stereocenters. The number of amides is 1. The quantitative estimate of drug-likeness (QED) is 0.651. The second-order valence-electron chi connectivity index (χ2n) is 5.57. The number of carbonyl (C=O) groups is 2. The van der Waals surface area contributed by atoms with Gasteiger partial charge in [0, 0.05) is 12.5 Å². The molecule has 23 heavy (non-hydrogen) atoms. The van der Waals surface area contributed by atoms with Gasteiger partial charge in [0.1, 0.15) is 5.41 Å². The second kappa shape index (κ2) is 8.93. The van der Waals surface area contributed by atoms with Crippen LogP contribution in [0.25, 0.3) is 0 Å². The van der Waals surface area contributed by atoms with Crippen molar-refractivity contribution in [3.8, 4) is 0 Å². The maximum Gasteiger partial charge on any atom is 0.315 e. The third-order valence-electron chi connectivity index (χ3n) is 4.18. The van der Waals surface area contributed by atoms with Crippen LogP contribution in [0.4, 0.5) is 0 Å². The Labute approximate surface area is 137 Å². The van der Waals surface area contributed by atoms with Crippen molar-refractivity contribution in [2.75, 3.05) is 6.54 Å². The molecular weight excluding hydrogens is 290 g/mol. The minimum atomic E-state index is -1.12. The molecule has 1 amide bonds. The number of hydrogen-bond donors (Lipinski definition) is 2. The summed E-state index contributed by atoms with van der Waals surface area (Å²) in [6, 6.07) is 9.03. The Balaban J connectivity index is 2.95. The van der Waals surface area contributed by atoms with Crippen molar-refractivity contribution < 1.29 is 14.7 Å². The topological polar surface area (TPSA) is 66.4 Å². The lowest BCUT2D eigenvalue weighted by Crippen LogP contribution is -2.47. The van der Waals surface area contributed by atoms with Crippen LogP contribution in [0, 0.1) is 5.92 Å². The van der Waals surface area contributed by atoms with E-state index in [1.165, 1.54) is 0 Å². The number of carbonyl (C=O) groups excluding carboxylic acids is 1. The SMILES string of the molecule is C=CCC(CC=C)C(=O)NCC(CC)(C(=O)O)c1ccccc1. The van der Waals surface area contributed by atoms with Crippen LogP contribution in [0.15, 0.2) is 55.6 Å². The first-order valence-corrected chi connectivity index (χ1v) is 7.80. The maximum atomic E-state index is 12.3. The molecule has 1 aromatic carbocycles. The lowest BCUT2D eigenvalue weighted by Gasteiger charge is -2.29. The lowest BCUT2D eigenvalue weighted by molar-refractivity contribution is -0.144. The van der Waals surface area contributed by atoms with E-state index >= 15 is 0 Å². The predicted octanol–water partition coefficient (Wildman–Crippen LogP) is 3.30. The van der Waals surface area contributed by atoms with Crippen LogP contribution in [0.2, 0.25) is 0 Å². The third kappa shape index (κ3) is 4.55. The molecule has 0 bridgehead atoms. The molecule has 4 nitrogen and oxygen atoms in total. The summed E-state index contributed by atoms with van der Waals surface area (Å²) < 4.78 is 0. The number of carboxylic acid groups (broad SMARTS) is 1. The first-order chi connectivity index (χ1) is 11.0. The summed E-state index contributed by atoms with van der Waals surface area (Å²) in [6.45, 7) is 9.19. The molecule has 1 aromatic rings. The number of benzene rings is 1. The van der Waals surface area contributed by atoms with Crippen LogP contribution < -0.4 is 5.32 Å². The van der Waals surface area contributed by atoms with Gasteiger partial charge in [0.25, 0.3) is 0 Å². The van der Waals surface area contributed by atoms with Gasteiger partial charge in [-0.2, -0.15) is 0 Å². The van der Waals surface area contributed by atoms with Gasteiger partial charge in [0.15, 0.2) is 0 Å². The van der Waals surface area contributed by atoms with Crippen molar-refractivity contribution in [2.24, 2.45) is 5.92 Å². The lowest BCUT2D eigenvalue weighted by atomic mass is 9.78. The van der Waals surface area contributed by atoms with Crippen molar-refractivity contribution in [3.63, 3.8) is 0 Å². The smallest absolute Gasteiger partial charge is 0.315 e. The van der Waals surface area contributed by atoms with Gasteiger partial charge in [-0.05, 0) is 24.8 Å². The number of rotatable bonds is 10. The molecule has 0 fully saturated rings. The minimum Gasteiger partial charge on any atom is -0.481 e. The number of hydrogen-bond acceptors (Lipinski definition) is 2. The summed E-state index contributed by atoms with van der Waals surface area (Å²) in [6.07, 6.45) is 4.84. The van der Waals surface area contributed by atoms with Crippen LogP contribution in [-0.2, 0) is 15.0 Å². The summed E-state index contributed by atoms with van der Waals surface area (Å²) in [5, 5.41) is 12.6. The highest BCUT2D eigenvalue weighted by atomic mass is 16.4. The zero-order valence-electron chi connectivity index (χ0n) is 13.6. The standard InChI is InChI=1S/C19H25NO3/c1-4-10-15(11-5-2)17(21)20-14-19(6-3,18(22)23)16-12-8-7-9-13-16/h4-5,7-9,12-13,15H,1-2,6,10-11,14H2,3H3,(H,20,21)(H,22,23). The maximum absolute atomic E-state index is 12.3. The summed E-state index contributed by atoms with van der Waals surface area (Å²) in [5.41, 5.74) is -0.427. The largest absolute Gasteiger partial charge is 0.481 e. The van der Waals surface area contributed by atoms with Crippen LogP contribution in [0.1, 0.15) is 31.7 Å². The minimum absolute atomic E-state index is 0.0620. The molecule has 1 unspecified atom stereocenters. The Morgan fingerprint density at radius 2 is 1.78 bits per heavy atom. The zero-order chi connectivity index (χ0) is 17.3. The van der Waals surface area contributed by atoms with Gasteiger partial charge in [-0.3, -0.25) is 9.59 Å². The third-order valence-corrected chi connectivity index (χ3v) is 4.18. The highest BCUT2D eigenvalue weighted by molar-refractivity contribution is 5.84. The van der Waals surface area contributed by atoms with E-state index in [0.717, 1.165) is 0 Å². The van der Waals surface area contributed by atoms with E-state index in [4.69, 9.17) is 0 Å². The molecule has 0 heterocycles. The number of nitrogens with one attached hydrogen (secondary N) is 1. The molecule has 0 spiro atoms. The van der Waals surface area contributed by atoms with E-state index in [-0.39, 0.29) is 18.4 Å². The normalized spacial score (nSPS) is 13.1. The molecule has 0 aliphatic heterocycles. The van der Waals surface area contributed by atoms with Crippen molar-refractivity contribution in [1.29, 1.82) is 0 Å². The molecule has 0 aromatic heterocycles. The Kier molecular flexibility index (Phi) is 7.26. The number of aliphatic carboxylic acids is 1. The molecule has 2 N–H and O–H groups in total. The predicted molar refractivity (Wildman–Crippen MR) is 92.2 cm³/mol. The molecule has 1 rings (SSSR count). The fourth-order valence-electron chi connectivity index (χ4n) is 2.63. The number of carboxylic acids is 1. The highest BCUT2D eigenvalue weighted by Crippen LogP contribution is 2.28. The molecular formula is C19H25NO3. The van der Waals surface area contributed by atoms with E-state index in [1.54, 1.807) is 24.3 Å². The van der Waals surface area contributed by atoms with Crippen molar-refractivity contribution in [1.82, 2.24) is 5.32 Å². The van der Waals surface area contributed by atoms with Crippen LogP contribution in [0.5, 0.6) is 0 Å². The molecule has 0 saturated heterocycles. The van der Waals surface area contributed by atoms with Gasteiger partial charge in [-0.1, -0.05) is 49.4 Å². The van der Waals surface area contributed by atoms with Gasteiger partial charge in [0.05, 0.1) is 0 Å². The average molecular weight is 315 g/mol. The Hall–Kier alpha value is -2.36. The zero-order valence-corrected chi connectivity index (χ0v) is 13.6. The Morgan fingerprint density at radius 3 is 2.22 bits per heavy atom. The molecule has 4 heteroatoms. The Bertz CT molecular complexity index is 543. The van der Waals surface area contributed by atoms with Crippen LogP contribution >= 0.6 is 0 Å². The molecule has 0 aliphatic rings. The van der Waals surface area contributed by atoms with E-state index in [9.17, 15) is 14.7 Å². The van der Waals surface area contributed by atoms with E-state index in [2.05, 4.69) is 18.5 Å². The second-order valence-corrected chi connectivity index (χ2v) is 5.57. The van der Waals surface area contributed by atoms with E-state index < -0.39 is 11.4 Å². The summed E-state index contributed by atoms with van der Waals surface area (Å²) >= 11 is 0. The van der Waals surface area contributed by atoms with Gasteiger partial charge < -0.3 is 10.4 Å². The van der Waals surface area contributed by atoms with E-state index in [1.807, 2.05) is 25.1 Å². The van der Waals surface area contributed by atoms with Gasteiger partial charge >= 0.3 is 5.97 Å². The average Bonchev–Trinajstić information content (AvgIpc) is 2.56. The molecule has 124 valence electrons. The Morgan fingerprint density at radius 1 is 1.22 bits per heavy atom.